The van der Waals surface area contributed by atoms with Crippen LogP contribution in [-0.4, -0.2) is 12.0 Å². The zero-order chi connectivity index (χ0) is 9.97. The van der Waals surface area contributed by atoms with Crippen molar-refractivity contribution in [2.24, 2.45) is 5.92 Å². The molecule has 0 amide bonds. The second-order valence-corrected chi connectivity index (χ2v) is 5.01. The Labute approximate surface area is 89.8 Å². The maximum atomic E-state index is 4.69. The topological polar surface area (TPSA) is 24.9 Å². The molecule has 0 spiro atoms. The standard InChI is InChI=1S/C11H18N2S/c1-3-9(12-2)10-7-14-11(13-10)6-8-4-5-8/h7-9,12H,3-6H2,1-2H3. The molecule has 2 nitrogen and oxygen atoms in total. The average Bonchev–Trinajstić information content (AvgIpc) is 2.88. The molecule has 1 aliphatic carbocycles. The Hall–Kier alpha value is -0.410. The Bertz CT molecular complexity index is 287. The minimum atomic E-state index is 0.444. The zero-order valence-electron chi connectivity index (χ0n) is 8.92. The molecular weight excluding hydrogens is 192 g/mol. The van der Waals surface area contributed by atoms with Crippen LogP contribution in [0.4, 0.5) is 0 Å². The van der Waals surface area contributed by atoms with Gasteiger partial charge >= 0.3 is 0 Å². The summed E-state index contributed by atoms with van der Waals surface area (Å²) >= 11 is 1.83. The van der Waals surface area contributed by atoms with Crippen LogP contribution in [0.1, 0.15) is 42.9 Å². The van der Waals surface area contributed by atoms with E-state index in [0.29, 0.717) is 6.04 Å². The quantitative estimate of drug-likeness (QED) is 0.808. The van der Waals surface area contributed by atoms with Gasteiger partial charge in [0.05, 0.1) is 10.7 Å². The third-order valence-electron chi connectivity index (χ3n) is 2.84. The number of hydrogen-bond donors (Lipinski definition) is 1. The summed E-state index contributed by atoms with van der Waals surface area (Å²) in [6.07, 6.45) is 5.16. The molecular formula is C11H18N2S. The van der Waals surface area contributed by atoms with Gasteiger partial charge in [-0.2, -0.15) is 0 Å². The number of rotatable bonds is 5. The summed E-state index contributed by atoms with van der Waals surface area (Å²) in [4.78, 5) is 4.69. The highest BCUT2D eigenvalue weighted by Crippen LogP contribution is 2.33. The molecule has 1 atom stereocenters. The molecule has 78 valence electrons. The van der Waals surface area contributed by atoms with E-state index >= 15 is 0 Å². The van der Waals surface area contributed by atoms with Gasteiger partial charge in [0, 0.05) is 17.8 Å². The van der Waals surface area contributed by atoms with Gasteiger partial charge in [-0.25, -0.2) is 4.98 Å². The number of hydrogen-bond acceptors (Lipinski definition) is 3. The molecule has 14 heavy (non-hydrogen) atoms. The first-order valence-electron chi connectivity index (χ1n) is 5.45. The van der Waals surface area contributed by atoms with Gasteiger partial charge in [0.2, 0.25) is 0 Å². The van der Waals surface area contributed by atoms with Crippen LogP contribution in [0.15, 0.2) is 5.38 Å². The fourth-order valence-corrected chi connectivity index (χ4v) is 2.67. The number of nitrogens with one attached hydrogen (secondary N) is 1. The third kappa shape index (κ3) is 2.34. The number of aromatic nitrogens is 1. The summed E-state index contributed by atoms with van der Waals surface area (Å²) in [5.74, 6) is 0.948. The van der Waals surface area contributed by atoms with Crippen LogP contribution in [0.25, 0.3) is 0 Å². The van der Waals surface area contributed by atoms with E-state index in [-0.39, 0.29) is 0 Å². The molecule has 1 fully saturated rings. The normalized spacial score (nSPS) is 18.4. The van der Waals surface area contributed by atoms with E-state index in [1.807, 2.05) is 18.4 Å². The first-order valence-corrected chi connectivity index (χ1v) is 6.33. The summed E-state index contributed by atoms with van der Waals surface area (Å²) in [5, 5.41) is 6.83. The van der Waals surface area contributed by atoms with Gasteiger partial charge in [-0.1, -0.05) is 6.92 Å². The molecule has 2 rings (SSSR count). The minimum absolute atomic E-state index is 0.444. The molecule has 0 bridgehead atoms. The van der Waals surface area contributed by atoms with Crippen LogP contribution in [0.5, 0.6) is 0 Å². The second kappa shape index (κ2) is 4.41. The Balaban J connectivity index is 1.99. The van der Waals surface area contributed by atoms with Crippen molar-refractivity contribution in [3.8, 4) is 0 Å². The van der Waals surface area contributed by atoms with Gasteiger partial charge in [0.15, 0.2) is 0 Å². The lowest BCUT2D eigenvalue weighted by atomic mass is 10.2. The molecule has 0 saturated heterocycles. The number of nitrogens with zero attached hydrogens (tertiary/aromatic N) is 1. The number of thiazole rings is 1. The highest BCUT2D eigenvalue weighted by Gasteiger charge is 2.23. The van der Waals surface area contributed by atoms with E-state index in [1.165, 1.54) is 30.0 Å². The average molecular weight is 210 g/mol. The van der Waals surface area contributed by atoms with Crippen LogP contribution in [0.3, 0.4) is 0 Å². The van der Waals surface area contributed by atoms with Gasteiger partial charge in [-0.15, -0.1) is 11.3 Å². The van der Waals surface area contributed by atoms with Crippen molar-refractivity contribution in [1.29, 1.82) is 0 Å². The molecule has 0 aliphatic heterocycles. The van der Waals surface area contributed by atoms with Crippen molar-refractivity contribution < 1.29 is 0 Å². The van der Waals surface area contributed by atoms with Crippen LogP contribution in [0, 0.1) is 5.92 Å². The van der Waals surface area contributed by atoms with Gasteiger partial charge in [0.1, 0.15) is 0 Å². The third-order valence-corrected chi connectivity index (χ3v) is 3.73. The van der Waals surface area contributed by atoms with Crippen molar-refractivity contribution >= 4 is 11.3 Å². The van der Waals surface area contributed by atoms with E-state index in [0.717, 1.165) is 12.3 Å². The fourth-order valence-electron chi connectivity index (χ4n) is 1.71. The van der Waals surface area contributed by atoms with Gasteiger partial charge in [-0.3, -0.25) is 0 Å². The van der Waals surface area contributed by atoms with E-state index in [4.69, 9.17) is 0 Å². The Kier molecular flexibility index (Phi) is 3.19. The maximum absolute atomic E-state index is 4.69. The van der Waals surface area contributed by atoms with Crippen molar-refractivity contribution in [1.82, 2.24) is 10.3 Å². The Morgan fingerprint density at radius 3 is 3.00 bits per heavy atom. The minimum Gasteiger partial charge on any atom is -0.312 e. The van der Waals surface area contributed by atoms with Crippen molar-refractivity contribution in [3.05, 3.63) is 16.1 Å². The second-order valence-electron chi connectivity index (χ2n) is 4.06. The van der Waals surface area contributed by atoms with Gasteiger partial charge in [-0.05, 0) is 32.2 Å². The Morgan fingerprint density at radius 2 is 2.43 bits per heavy atom. The SMILES string of the molecule is CCC(NC)c1csc(CC2CC2)n1. The molecule has 1 heterocycles. The largest absolute Gasteiger partial charge is 0.312 e. The molecule has 0 radical (unpaired) electrons. The monoisotopic (exact) mass is 210 g/mol. The maximum Gasteiger partial charge on any atom is 0.0931 e. The molecule has 1 aromatic rings. The highest BCUT2D eigenvalue weighted by molar-refractivity contribution is 7.09. The van der Waals surface area contributed by atoms with E-state index in [1.54, 1.807) is 0 Å². The summed E-state index contributed by atoms with van der Waals surface area (Å²) in [7, 11) is 2.01. The predicted octanol–water partition coefficient (Wildman–Crippen LogP) is 2.77. The lowest BCUT2D eigenvalue weighted by Gasteiger charge is -2.09. The Morgan fingerprint density at radius 1 is 1.64 bits per heavy atom. The lowest BCUT2D eigenvalue weighted by molar-refractivity contribution is 0.562. The molecule has 0 aromatic carbocycles. The van der Waals surface area contributed by atoms with E-state index in [9.17, 15) is 0 Å². The van der Waals surface area contributed by atoms with Crippen molar-refractivity contribution in [3.63, 3.8) is 0 Å². The van der Waals surface area contributed by atoms with E-state index in [2.05, 4.69) is 22.6 Å². The highest BCUT2D eigenvalue weighted by atomic mass is 32.1. The van der Waals surface area contributed by atoms with Gasteiger partial charge in [0.25, 0.3) is 0 Å². The van der Waals surface area contributed by atoms with Crippen LogP contribution in [-0.2, 0) is 6.42 Å². The first-order chi connectivity index (χ1) is 6.83. The van der Waals surface area contributed by atoms with Crippen LogP contribution >= 0.6 is 11.3 Å². The molecule has 1 aliphatic rings. The zero-order valence-corrected chi connectivity index (χ0v) is 9.73. The van der Waals surface area contributed by atoms with Crippen molar-refractivity contribution in [2.45, 2.75) is 38.6 Å². The lowest BCUT2D eigenvalue weighted by Crippen LogP contribution is -2.15. The van der Waals surface area contributed by atoms with E-state index < -0.39 is 0 Å². The molecule has 1 N–H and O–H groups in total. The summed E-state index contributed by atoms with van der Waals surface area (Å²) in [6, 6.07) is 0.444. The predicted molar refractivity (Wildman–Crippen MR) is 60.6 cm³/mol. The smallest absolute Gasteiger partial charge is 0.0931 e. The summed E-state index contributed by atoms with van der Waals surface area (Å²) in [5.41, 5.74) is 1.23. The summed E-state index contributed by atoms with van der Waals surface area (Å²) < 4.78 is 0. The fraction of sp³-hybridized carbons (Fsp3) is 0.727. The first kappa shape index (κ1) is 10.1. The van der Waals surface area contributed by atoms with Crippen LogP contribution < -0.4 is 5.32 Å². The van der Waals surface area contributed by atoms with Gasteiger partial charge < -0.3 is 5.32 Å². The molecule has 3 heteroatoms. The molecule has 1 aromatic heterocycles. The molecule has 1 saturated carbocycles. The summed E-state index contributed by atoms with van der Waals surface area (Å²) in [6.45, 7) is 2.20. The van der Waals surface area contributed by atoms with Crippen LogP contribution in [0.2, 0.25) is 0 Å². The molecule has 1 unspecified atom stereocenters. The van der Waals surface area contributed by atoms with Crippen molar-refractivity contribution in [2.75, 3.05) is 7.05 Å².